The predicted molar refractivity (Wildman–Crippen MR) is 80.4 cm³/mol. The molecular formula is C18H20O4. The molecule has 0 aliphatic heterocycles. The lowest BCUT2D eigenvalue weighted by Crippen LogP contribution is -2.47. The number of fused-ring (bicyclic) bond motifs is 2. The van der Waals surface area contributed by atoms with Crippen LogP contribution in [0.2, 0.25) is 0 Å². The Morgan fingerprint density at radius 3 is 2.09 bits per heavy atom. The molecule has 1 aromatic carbocycles. The van der Waals surface area contributed by atoms with Gasteiger partial charge in [0.1, 0.15) is 11.2 Å². The van der Waals surface area contributed by atoms with E-state index >= 15 is 0 Å². The number of hydrogen-bond acceptors (Lipinski definition) is 4. The molecule has 0 spiro atoms. The molecule has 0 heterocycles. The van der Waals surface area contributed by atoms with Crippen LogP contribution in [-0.4, -0.2) is 17.5 Å². The summed E-state index contributed by atoms with van der Waals surface area (Å²) in [7, 11) is 0. The van der Waals surface area contributed by atoms with E-state index in [9.17, 15) is 14.4 Å². The highest BCUT2D eigenvalue weighted by atomic mass is 16.5. The first-order valence-electron chi connectivity index (χ1n) is 7.55. The number of carbonyl (C=O) groups excluding carboxylic acids is 3. The minimum atomic E-state index is -1.34. The first-order valence-corrected chi connectivity index (χ1v) is 7.55. The summed E-state index contributed by atoms with van der Waals surface area (Å²) in [4.78, 5) is 37.7. The largest absolute Gasteiger partial charge is 0.426 e. The third kappa shape index (κ3) is 1.50. The molecule has 1 aromatic rings. The quantitative estimate of drug-likeness (QED) is 0.365. The van der Waals surface area contributed by atoms with Crippen LogP contribution >= 0.6 is 0 Å². The average molecular weight is 300 g/mol. The molecule has 0 saturated heterocycles. The summed E-state index contributed by atoms with van der Waals surface area (Å²) in [5, 5.41) is 0. The van der Waals surface area contributed by atoms with Crippen molar-refractivity contribution >= 4 is 17.5 Å². The number of Topliss-reactive ketones (excluding diaryl/α,β-unsaturated/α-hetero) is 2. The number of carbonyl (C=O) groups is 3. The zero-order valence-corrected chi connectivity index (χ0v) is 13.4. The second-order valence-corrected chi connectivity index (χ2v) is 7.22. The standard InChI is InChI=1S/C18H20O4/c1-11-5-7-12(8-6-11)22-15(21)18-10-9-17(4,16(18,2)3)13(19)14(18)20/h5-8H,9-10H2,1-4H3. The number of ketones is 2. The molecule has 22 heavy (non-hydrogen) atoms. The van der Waals surface area contributed by atoms with Gasteiger partial charge in [-0.15, -0.1) is 0 Å². The third-order valence-corrected chi connectivity index (χ3v) is 6.12. The molecule has 2 bridgehead atoms. The van der Waals surface area contributed by atoms with E-state index in [0.717, 1.165) is 5.56 Å². The Kier molecular flexibility index (Phi) is 2.91. The van der Waals surface area contributed by atoms with Crippen LogP contribution in [0, 0.1) is 23.2 Å². The van der Waals surface area contributed by atoms with Crippen molar-refractivity contribution in [2.24, 2.45) is 16.2 Å². The summed E-state index contributed by atoms with van der Waals surface area (Å²) < 4.78 is 5.46. The molecule has 4 heteroatoms. The van der Waals surface area contributed by atoms with Crippen LogP contribution in [0.3, 0.4) is 0 Å². The van der Waals surface area contributed by atoms with Gasteiger partial charge >= 0.3 is 5.97 Å². The number of esters is 1. The second-order valence-electron chi connectivity index (χ2n) is 7.22. The molecule has 0 radical (unpaired) electrons. The molecule has 2 aliphatic carbocycles. The van der Waals surface area contributed by atoms with Gasteiger partial charge < -0.3 is 4.74 Å². The fourth-order valence-corrected chi connectivity index (χ4v) is 4.02. The van der Waals surface area contributed by atoms with Crippen molar-refractivity contribution in [1.82, 2.24) is 0 Å². The Labute approximate surface area is 129 Å². The highest BCUT2D eigenvalue weighted by Gasteiger charge is 2.78. The van der Waals surface area contributed by atoms with E-state index in [1.54, 1.807) is 19.1 Å². The maximum Gasteiger partial charge on any atom is 0.326 e. The molecular weight excluding hydrogens is 280 g/mol. The summed E-state index contributed by atoms with van der Waals surface area (Å²) in [6, 6.07) is 7.08. The maximum absolute atomic E-state index is 12.8. The fourth-order valence-electron chi connectivity index (χ4n) is 4.02. The second kappa shape index (κ2) is 4.28. The molecule has 2 unspecified atom stereocenters. The van der Waals surface area contributed by atoms with E-state index in [2.05, 4.69) is 0 Å². The molecule has 2 atom stereocenters. The fraction of sp³-hybridized carbons (Fsp3) is 0.500. The van der Waals surface area contributed by atoms with Crippen LogP contribution in [0.1, 0.15) is 39.2 Å². The molecule has 2 saturated carbocycles. The van der Waals surface area contributed by atoms with E-state index in [0.29, 0.717) is 18.6 Å². The van der Waals surface area contributed by atoms with Crippen LogP contribution in [-0.2, 0) is 14.4 Å². The van der Waals surface area contributed by atoms with Gasteiger partial charge in [0.15, 0.2) is 0 Å². The Morgan fingerprint density at radius 2 is 1.59 bits per heavy atom. The van der Waals surface area contributed by atoms with Crippen LogP contribution < -0.4 is 4.74 Å². The SMILES string of the molecule is Cc1ccc(OC(=O)C23CCC(C)(C(=O)C2=O)C3(C)C)cc1. The van der Waals surface area contributed by atoms with Gasteiger partial charge in [-0.05, 0) is 31.9 Å². The summed E-state index contributed by atoms with van der Waals surface area (Å²) in [5.74, 6) is -1.20. The lowest BCUT2D eigenvalue weighted by atomic mass is 9.65. The van der Waals surface area contributed by atoms with Gasteiger partial charge in [0.05, 0.1) is 0 Å². The maximum atomic E-state index is 12.8. The first-order chi connectivity index (χ1) is 10.2. The summed E-state index contributed by atoms with van der Waals surface area (Å²) in [6.07, 6.45) is 0.930. The van der Waals surface area contributed by atoms with Crippen molar-refractivity contribution in [3.63, 3.8) is 0 Å². The Bertz CT molecular complexity index is 686. The number of rotatable bonds is 2. The van der Waals surface area contributed by atoms with E-state index in [4.69, 9.17) is 4.74 Å². The van der Waals surface area contributed by atoms with Crippen LogP contribution in [0.25, 0.3) is 0 Å². The molecule has 0 aromatic heterocycles. The topological polar surface area (TPSA) is 60.4 Å². The normalized spacial score (nSPS) is 32.4. The van der Waals surface area contributed by atoms with Gasteiger partial charge in [-0.3, -0.25) is 14.4 Å². The Morgan fingerprint density at radius 1 is 1.00 bits per heavy atom. The molecule has 4 nitrogen and oxygen atoms in total. The van der Waals surface area contributed by atoms with Crippen molar-refractivity contribution in [1.29, 1.82) is 0 Å². The molecule has 2 aliphatic rings. The number of ether oxygens (including phenoxy) is 1. The van der Waals surface area contributed by atoms with Crippen molar-refractivity contribution in [3.05, 3.63) is 29.8 Å². The van der Waals surface area contributed by atoms with Crippen LogP contribution in [0.15, 0.2) is 24.3 Å². The van der Waals surface area contributed by atoms with E-state index < -0.39 is 33.8 Å². The zero-order chi connectivity index (χ0) is 16.3. The zero-order valence-electron chi connectivity index (χ0n) is 13.4. The van der Waals surface area contributed by atoms with Crippen LogP contribution in [0.4, 0.5) is 0 Å². The van der Waals surface area contributed by atoms with Gasteiger partial charge in [-0.1, -0.05) is 38.5 Å². The Hall–Kier alpha value is -1.97. The lowest BCUT2D eigenvalue weighted by Gasteiger charge is -2.36. The van der Waals surface area contributed by atoms with Gasteiger partial charge in [-0.2, -0.15) is 0 Å². The third-order valence-electron chi connectivity index (χ3n) is 6.12. The molecule has 0 amide bonds. The molecule has 0 N–H and O–H groups in total. The summed E-state index contributed by atoms with van der Waals surface area (Å²) >= 11 is 0. The minimum Gasteiger partial charge on any atom is -0.426 e. The number of benzene rings is 1. The van der Waals surface area contributed by atoms with Crippen molar-refractivity contribution in [3.8, 4) is 5.75 Å². The molecule has 116 valence electrons. The molecule has 2 fully saturated rings. The van der Waals surface area contributed by atoms with Crippen molar-refractivity contribution in [2.75, 3.05) is 0 Å². The highest BCUT2D eigenvalue weighted by Crippen LogP contribution is 2.69. The summed E-state index contributed by atoms with van der Waals surface area (Å²) in [6.45, 7) is 7.40. The summed E-state index contributed by atoms with van der Waals surface area (Å²) in [5.41, 5.74) is -1.78. The van der Waals surface area contributed by atoms with Gasteiger partial charge in [-0.25, -0.2) is 0 Å². The van der Waals surface area contributed by atoms with Gasteiger partial charge in [0.25, 0.3) is 0 Å². The smallest absolute Gasteiger partial charge is 0.326 e. The predicted octanol–water partition coefficient (Wildman–Crippen LogP) is 2.86. The van der Waals surface area contributed by atoms with Crippen molar-refractivity contribution in [2.45, 2.75) is 40.5 Å². The molecule has 3 rings (SSSR count). The average Bonchev–Trinajstić information content (AvgIpc) is 2.74. The van der Waals surface area contributed by atoms with Crippen LogP contribution in [0.5, 0.6) is 5.75 Å². The first kappa shape index (κ1) is 14.9. The Balaban J connectivity index is 1.99. The van der Waals surface area contributed by atoms with E-state index in [-0.39, 0.29) is 0 Å². The number of aryl methyl sites for hydroxylation is 1. The highest BCUT2D eigenvalue weighted by molar-refractivity contribution is 6.48. The van der Waals surface area contributed by atoms with E-state index in [1.165, 1.54) is 0 Å². The monoisotopic (exact) mass is 300 g/mol. The van der Waals surface area contributed by atoms with E-state index in [1.807, 2.05) is 32.9 Å². The number of hydrogen-bond donors (Lipinski definition) is 0. The minimum absolute atomic E-state index is 0.381. The lowest BCUT2D eigenvalue weighted by molar-refractivity contribution is -0.157. The van der Waals surface area contributed by atoms with Crippen molar-refractivity contribution < 1.29 is 19.1 Å². The van der Waals surface area contributed by atoms with Gasteiger partial charge in [0.2, 0.25) is 11.6 Å². The van der Waals surface area contributed by atoms with Gasteiger partial charge in [0, 0.05) is 10.8 Å².